The standard InChI is InChI=1S/C49H43NO4/c1-51-40-26-18-36(19-27-40)48(37-20-28-41(52-2)29-21-37)46-16-10-8-14-44(46)45-15-9-11-17-47(45)49(38-22-30-42(53-3)31-23-38,39-24-32-43(54-4)33-25-39)50(48)34-35-12-6-5-7-13-35/h5-33H,34H2,1-4H3. The third-order valence-electron chi connectivity index (χ3n) is 10.9. The minimum absolute atomic E-state index is 0.569. The van der Waals surface area contributed by atoms with Gasteiger partial charge in [0.05, 0.1) is 39.5 Å². The first kappa shape index (κ1) is 34.8. The van der Waals surface area contributed by atoms with Crippen LogP contribution in [-0.4, -0.2) is 33.3 Å². The molecule has 0 saturated heterocycles. The van der Waals surface area contributed by atoms with Gasteiger partial charge in [-0.25, -0.2) is 0 Å². The van der Waals surface area contributed by atoms with Crippen LogP contribution in [0.1, 0.15) is 38.9 Å². The molecule has 0 unspecified atom stereocenters. The van der Waals surface area contributed by atoms with E-state index in [0.29, 0.717) is 6.54 Å². The van der Waals surface area contributed by atoms with Gasteiger partial charge in [0.15, 0.2) is 0 Å². The summed E-state index contributed by atoms with van der Waals surface area (Å²) >= 11 is 0. The summed E-state index contributed by atoms with van der Waals surface area (Å²) in [5.41, 5.74) is 8.38. The molecule has 54 heavy (non-hydrogen) atoms. The van der Waals surface area contributed by atoms with Gasteiger partial charge in [-0.1, -0.05) is 127 Å². The topological polar surface area (TPSA) is 40.2 Å². The van der Waals surface area contributed by atoms with E-state index < -0.39 is 11.1 Å². The monoisotopic (exact) mass is 709 g/mol. The van der Waals surface area contributed by atoms with Gasteiger partial charge < -0.3 is 18.9 Å². The molecular formula is C49H43NO4. The van der Waals surface area contributed by atoms with Crippen LogP contribution in [0.25, 0.3) is 11.1 Å². The molecule has 0 N–H and O–H groups in total. The van der Waals surface area contributed by atoms with Crippen LogP contribution in [0.2, 0.25) is 0 Å². The highest BCUT2D eigenvalue weighted by Crippen LogP contribution is 2.60. The number of methoxy groups -OCH3 is 4. The number of nitrogens with zero attached hydrogens (tertiary/aromatic N) is 1. The molecule has 0 fully saturated rings. The van der Waals surface area contributed by atoms with E-state index >= 15 is 0 Å². The van der Waals surface area contributed by atoms with Crippen molar-refractivity contribution < 1.29 is 18.9 Å². The van der Waals surface area contributed by atoms with Crippen molar-refractivity contribution in [2.75, 3.05) is 28.4 Å². The molecule has 5 nitrogen and oxygen atoms in total. The third kappa shape index (κ3) is 5.60. The van der Waals surface area contributed by atoms with Crippen molar-refractivity contribution in [3.05, 3.63) is 215 Å². The molecule has 0 bridgehead atoms. The Morgan fingerprint density at radius 3 is 0.963 bits per heavy atom. The van der Waals surface area contributed by atoms with Crippen LogP contribution in [0.3, 0.4) is 0 Å². The zero-order valence-electron chi connectivity index (χ0n) is 31.0. The number of hydrogen-bond donors (Lipinski definition) is 0. The van der Waals surface area contributed by atoms with Crippen LogP contribution < -0.4 is 18.9 Å². The highest BCUT2D eigenvalue weighted by Gasteiger charge is 2.57. The van der Waals surface area contributed by atoms with Gasteiger partial charge in [0.1, 0.15) is 23.0 Å². The molecule has 1 aliphatic heterocycles. The molecule has 268 valence electrons. The average Bonchev–Trinajstić information content (AvgIpc) is 3.34. The Labute approximate surface area is 318 Å². The molecule has 0 amide bonds. The summed E-state index contributed by atoms with van der Waals surface area (Å²) in [5, 5.41) is 0. The quantitative estimate of drug-likeness (QED) is 0.141. The number of fused-ring (bicyclic) bond motifs is 3. The van der Waals surface area contributed by atoms with Crippen molar-refractivity contribution in [1.82, 2.24) is 4.90 Å². The summed E-state index contributed by atoms with van der Waals surface area (Å²) in [6, 6.07) is 62.9. The molecule has 5 heteroatoms. The molecule has 0 saturated carbocycles. The first-order valence-electron chi connectivity index (χ1n) is 18.2. The SMILES string of the molecule is COc1ccc(C2(c3ccc(OC)cc3)c3ccccc3-c3ccccc3C(c3ccc(OC)cc3)(c3ccc(OC)cc3)N2Cc2ccccc2)cc1. The Morgan fingerprint density at radius 2 is 0.648 bits per heavy atom. The van der Waals surface area contributed by atoms with Gasteiger partial charge in [0, 0.05) is 6.54 Å². The van der Waals surface area contributed by atoms with Gasteiger partial charge in [0.25, 0.3) is 0 Å². The number of ether oxygens (including phenoxy) is 4. The molecule has 7 aromatic rings. The summed E-state index contributed by atoms with van der Waals surface area (Å²) in [4.78, 5) is 2.72. The summed E-state index contributed by atoms with van der Waals surface area (Å²) in [6.07, 6.45) is 0. The zero-order valence-corrected chi connectivity index (χ0v) is 31.0. The molecule has 0 aromatic heterocycles. The van der Waals surface area contributed by atoms with Gasteiger partial charge in [-0.2, -0.15) is 0 Å². The first-order valence-corrected chi connectivity index (χ1v) is 18.2. The second kappa shape index (κ2) is 14.6. The van der Waals surface area contributed by atoms with Gasteiger partial charge in [-0.15, -0.1) is 0 Å². The third-order valence-corrected chi connectivity index (χ3v) is 10.9. The van der Waals surface area contributed by atoms with Crippen LogP contribution >= 0.6 is 0 Å². The van der Waals surface area contributed by atoms with Gasteiger partial charge in [-0.3, -0.25) is 4.90 Å². The minimum atomic E-state index is -0.899. The van der Waals surface area contributed by atoms with Crippen molar-refractivity contribution in [3.8, 4) is 34.1 Å². The molecule has 0 spiro atoms. The average molecular weight is 710 g/mol. The van der Waals surface area contributed by atoms with E-state index in [4.69, 9.17) is 18.9 Å². The van der Waals surface area contributed by atoms with Crippen LogP contribution in [0.15, 0.2) is 176 Å². The molecule has 1 aliphatic rings. The molecule has 0 radical (unpaired) electrons. The lowest BCUT2D eigenvalue weighted by molar-refractivity contribution is 0.0585. The van der Waals surface area contributed by atoms with Gasteiger partial charge >= 0.3 is 0 Å². The molecule has 0 atom stereocenters. The van der Waals surface area contributed by atoms with E-state index in [9.17, 15) is 0 Å². The highest BCUT2D eigenvalue weighted by atomic mass is 16.5. The lowest BCUT2D eigenvalue weighted by atomic mass is 9.69. The number of benzene rings is 7. The van der Waals surface area contributed by atoms with Crippen molar-refractivity contribution in [2.45, 2.75) is 17.6 Å². The number of hydrogen-bond acceptors (Lipinski definition) is 5. The molecule has 0 aliphatic carbocycles. The molecule has 8 rings (SSSR count). The second-order valence-corrected chi connectivity index (χ2v) is 13.5. The maximum absolute atomic E-state index is 5.76. The summed E-state index contributed by atoms with van der Waals surface area (Å²) in [5.74, 6) is 3.17. The largest absolute Gasteiger partial charge is 0.497 e. The fourth-order valence-electron chi connectivity index (χ4n) is 8.52. The summed E-state index contributed by atoms with van der Waals surface area (Å²) in [6.45, 7) is 0.569. The Morgan fingerprint density at radius 1 is 0.352 bits per heavy atom. The van der Waals surface area contributed by atoms with E-state index in [1.54, 1.807) is 28.4 Å². The van der Waals surface area contributed by atoms with Crippen LogP contribution in [0.4, 0.5) is 0 Å². The van der Waals surface area contributed by atoms with E-state index in [-0.39, 0.29) is 0 Å². The van der Waals surface area contributed by atoms with Crippen molar-refractivity contribution in [1.29, 1.82) is 0 Å². The fourth-order valence-corrected chi connectivity index (χ4v) is 8.52. The van der Waals surface area contributed by atoms with E-state index in [1.165, 1.54) is 5.56 Å². The first-order chi connectivity index (χ1) is 26.6. The maximum atomic E-state index is 5.76. The molecule has 1 heterocycles. The normalized spacial score (nSPS) is 14.2. The predicted molar refractivity (Wildman–Crippen MR) is 216 cm³/mol. The maximum Gasteiger partial charge on any atom is 0.118 e. The van der Waals surface area contributed by atoms with E-state index in [0.717, 1.165) is 67.5 Å². The Balaban J connectivity index is 1.64. The van der Waals surface area contributed by atoms with Crippen molar-refractivity contribution in [2.24, 2.45) is 0 Å². The minimum Gasteiger partial charge on any atom is -0.497 e. The Hall–Kier alpha value is -6.30. The summed E-state index contributed by atoms with van der Waals surface area (Å²) in [7, 11) is 6.86. The lowest BCUT2D eigenvalue weighted by Gasteiger charge is -2.55. The smallest absolute Gasteiger partial charge is 0.118 e. The van der Waals surface area contributed by atoms with Crippen molar-refractivity contribution in [3.63, 3.8) is 0 Å². The Bertz CT molecular complexity index is 2090. The van der Waals surface area contributed by atoms with E-state index in [2.05, 4.69) is 181 Å². The van der Waals surface area contributed by atoms with Gasteiger partial charge in [-0.05, 0) is 98.6 Å². The van der Waals surface area contributed by atoms with Crippen LogP contribution in [-0.2, 0) is 17.6 Å². The van der Waals surface area contributed by atoms with Crippen LogP contribution in [0, 0.1) is 0 Å². The predicted octanol–water partition coefficient (Wildman–Crippen LogP) is 10.5. The number of rotatable bonds is 10. The summed E-state index contributed by atoms with van der Waals surface area (Å²) < 4.78 is 23.0. The fraction of sp³-hybridized carbons (Fsp3) is 0.143. The van der Waals surface area contributed by atoms with Crippen LogP contribution in [0.5, 0.6) is 23.0 Å². The molecule has 7 aromatic carbocycles. The van der Waals surface area contributed by atoms with Gasteiger partial charge in [0.2, 0.25) is 0 Å². The second-order valence-electron chi connectivity index (χ2n) is 13.5. The lowest BCUT2D eigenvalue weighted by Crippen LogP contribution is -2.58. The Kier molecular flexibility index (Phi) is 9.41. The van der Waals surface area contributed by atoms with Crippen molar-refractivity contribution >= 4 is 0 Å². The van der Waals surface area contributed by atoms with E-state index in [1.807, 2.05) is 0 Å². The highest BCUT2D eigenvalue weighted by molar-refractivity contribution is 5.80. The zero-order chi connectivity index (χ0) is 37.1. The molecular weight excluding hydrogens is 667 g/mol.